The van der Waals surface area contributed by atoms with Crippen LogP contribution in [0.15, 0.2) is 84.0 Å². The smallest absolute Gasteiger partial charge is 0.275 e. The molecule has 130 valence electrons. The van der Waals surface area contributed by atoms with Crippen LogP contribution >= 0.6 is 0 Å². The van der Waals surface area contributed by atoms with Crippen molar-refractivity contribution in [2.75, 3.05) is 0 Å². The van der Waals surface area contributed by atoms with Crippen LogP contribution in [0.1, 0.15) is 27.0 Å². The van der Waals surface area contributed by atoms with E-state index in [9.17, 15) is 4.79 Å². The molecule has 1 N–H and O–H groups in total. The number of benzene rings is 3. The van der Waals surface area contributed by atoms with E-state index in [-0.39, 0.29) is 5.91 Å². The summed E-state index contributed by atoms with van der Waals surface area (Å²) in [6, 6.07) is 24.9. The normalized spacial score (nSPS) is 10.7. The minimum Gasteiger partial charge on any atom is -0.488 e. The van der Waals surface area contributed by atoms with Gasteiger partial charge in [-0.15, -0.1) is 0 Å². The quantitative estimate of drug-likeness (QED) is 0.534. The van der Waals surface area contributed by atoms with E-state index < -0.39 is 0 Å². The third-order valence-electron chi connectivity index (χ3n) is 3.79. The molecule has 26 heavy (non-hydrogen) atoms. The summed E-state index contributed by atoms with van der Waals surface area (Å²) in [6.07, 6.45) is 1.62. The molecule has 0 aliphatic rings. The van der Waals surface area contributed by atoms with Gasteiger partial charge in [-0.3, -0.25) is 4.79 Å². The molecule has 1 amide bonds. The van der Waals surface area contributed by atoms with Crippen LogP contribution in [0.25, 0.3) is 0 Å². The average Bonchev–Trinajstić information content (AvgIpc) is 2.67. The zero-order chi connectivity index (χ0) is 18.2. The molecule has 4 heteroatoms. The SMILES string of the molecule is Cc1cccc(C=NNC(=O)c2ccccc2OCc2ccccc2)c1. The van der Waals surface area contributed by atoms with Crippen LogP contribution in [0.5, 0.6) is 5.75 Å². The maximum absolute atomic E-state index is 12.4. The van der Waals surface area contributed by atoms with E-state index in [1.54, 1.807) is 24.4 Å². The minimum absolute atomic E-state index is 0.308. The molecule has 0 bridgehead atoms. The molecule has 0 spiro atoms. The van der Waals surface area contributed by atoms with Gasteiger partial charge in [0, 0.05) is 0 Å². The molecule has 0 heterocycles. The number of aryl methyl sites for hydroxylation is 1. The van der Waals surface area contributed by atoms with Crippen LogP contribution in [0.4, 0.5) is 0 Å². The lowest BCUT2D eigenvalue weighted by atomic mass is 10.2. The van der Waals surface area contributed by atoms with Crippen molar-refractivity contribution in [1.82, 2.24) is 5.43 Å². The third kappa shape index (κ3) is 4.80. The first-order valence-corrected chi connectivity index (χ1v) is 8.38. The summed E-state index contributed by atoms with van der Waals surface area (Å²) in [5.41, 5.74) is 6.12. The number of ether oxygens (including phenoxy) is 1. The summed E-state index contributed by atoms with van der Waals surface area (Å²) >= 11 is 0. The Balaban J connectivity index is 1.65. The Kier molecular flexibility index (Phi) is 5.78. The van der Waals surface area contributed by atoms with Gasteiger partial charge in [0.25, 0.3) is 5.91 Å². The lowest BCUT2D eigenvalue weighted by Crippen LogP contribution is -2.18. The third-order valence-corrected chi connectivity index (χ3v) is 3.79. The maximum Gasteiger partial charge on any atom is 0.275 e. The van der Waals surface area contributed by atoms with Gasteiger partial charge < -0.3 is 4.74 Å². The van der Waals surface area contributed by atoms with Crippen molar-refractivity contribution in [3.8, 4) is 5.75 Å². The van der Waals surface area contributed by atoms with Crippen LogP contribution in [-0.2, 0) is 6.61 Å². The van der Waals surface area contributed by atoms with Gasteiger partial charge in [-0.1, -0.05) is 72.3 Å². The largest absolute Gasteiger partial charge is 0.488 e. The fourth-order valence-corrected chi connectivity index (χ4v) is 2.49. The Morgan fingerprint density at radius 2 is 1.77 bits per heavy atom. The topological polar surface area (TPSA) is 50.7 Å². The van der Waals surface area contributed by atoms with Crippen molar-refractivity contribution in [2.45, 2.75) is 13.5 Å². The molecule has 0 fully saturated rings. The first kappa shape index (κ1) is 17.4. The van der Waals surface area contributed by atoms with Gasteiger partial charge in [-0.05, 0) is 30.2 Å². The highest BCUT2D eigenvalue weighted by Crippen LogP contribution is 2.19. The lowest BCUT2D eigenvalue weighted by molar-refractivity contribution is 0.0950. The Bertz CT molecular complexity index is 905. The molecule has 0 saturated carbocycles. The van der Waals surface area contributed by atoms with Crippen molar-refractivity contribution >= 4 is 12.1 Å². The van der Waals surface area contributed by atoms with Crippen molar-refractivity contribution < 1.29 is 9.53 Å². The highest BCUT2D eigenvalue weighted by Gasteiger charge is 2.11. The van der Waals surface area contributed by atoms with Crippen LogP contribution in [0, 0.1) is 6.92 Å². The second kappa shape index (κ2) is 8.62. The van der Waals surface area contributed by atoms with E-state index >= 15 is 0 Å². The van der Waals surface area contributed by atoms with Crippen LogP contribution in [0.3, 0.4) is 0 Å². The summed E-state index contributed by atoms with van der Waals surface area (Å²) in [5.74, 6) is 0.220. The number of para-hydroxylation sites is 1. The van der Waals surface area contributed by atoms with Crippen molar-refractivity contribution in [3.63, 3.8) is 0 Å². The zero-order valence-corrected chi connectivity index (χ0v) is 14.6. The number of hydrogen-bond donors (Lipinski definition) is 1. The molecule has 0 radical (unpaired) electrons. The molecule has 0 saturated heterocycles. The van der Waals surface area contributed by atoms with Crippen LogP contribution < -0.4 is 10.2 Å². The van der Waals surface area contributed by atoms with Crippen molar-refractivity contribution in [1.29, 1.82) is 0 Å². The maximum atomic E-state index is 12.4. The molecule has 0 aliphatic carbocycles. The highest BCUT2D eigenvalue weighted by atomic mass is 16.5. The van der Waals surface area contributed by atoms with Gasteiger partial charge in [0.05, 0.1) is 11.8 Å². The molecule has 3 aromatic rings. The summed E-state index contributed by atoms with van der Waals surface area (Å²) in [7, 11) is 0. The van der Waals surface area contributed by atoms with Crippen molar-refractivity contribution in [2.24, 2.45) is 5.10 Å². The molecule has 0 atom stereocenters. The highest BCUT2D eigenvalue weighted by molar-refractivity contribution is 5.97. The fourth-order valence-electron chi connectivity index (χ4n) is 2.49. The molecule has 0 aromatic heterocycles. The number of carbonyl (C=O) groups excluding carboxylic acids is 1. The van der Waals surface area contributed by atoms with E-state index in [1.165, 1.54) is 0 Å². The number of nitrogens with one attached hydrogen (secondary N) is 1. The zero-order valence-electron chi connectivity index (χ0n) is 14.6. The molecule has 0 aliphatic heterocycles. The number of carbonyl (C=O) groups is 1. The summed E-state index contributed by atoms with van der Waals surface area (Å²) in [5, 5.41) is 4.04. The minimum atomic E-state index is -0.308. The van der Waals surface area contributed by atoms with E-state index in [1.807, 2.05) is 67.6 Å². The van der Waals surface area contributed by atoms with E-state index in [4.69, 9.17) is 4.74 Å². The molecule has 0 unspecified atom stereocenters. The molecular weight excluding hydrogens is 324 g/mol. The van der Waals surface area contributed by atoms with Gasteiger partial charge in [0.15, 0.2) is 0 Å². The Hall–Kier alpha value is -3.40. The second-order valence-corrected chi connectivity index (χ2v) is 5.88. The van der Waals surface area contributed by atoms with Crippen molar-refractivity contribution in [3.05, 3.63) is 101 Å². The first-order chi connectivity index (χ1) is 12.7. The van der Waals surface area contributed by atoms with Gasteiger partial charge in [-0.2, -0.15) is 5.10 Å². The summed E-state index contributed by atoms with van der Waals surface area (Å²) in [6.45, 7) is 2.41. The van der Waals surface area contributed by atoms with Crippen LogP contribution in [-0.4, -0.2) is 12.1 Å². The Labute approximate surface area is 153 Å². The van der Waals surface area contributed by atoms with E-state index in [0.29, 0.717) is 17.9 Å². The molecule has 3 rings (SSSR count). The van der Waals surface area contributed by atoms with Gasteiger partial charge >= 0.3 is 0 Å². The predicted molar refractivity (Wildman–Crippen MR) is 103 cm³/mol. The number of amides is 1. The van der Waals surface area contributed by atoms with Gasteiger partial charge in [0.1, 0.15) is 12.4 Å². The molecular formula is C22H20N2O2. The first-order valence-electron chi connectivity index (χ1n) is 8.38. The lowest BCUT2D eigenvalue weighted by Gasteiger charge is -2.10. The van der Waals surface area contributed by atoms with Gasteiger partial charge in [0.2, 0.25) is 0 Å². The number of hydrogen-bond acceptors (Lipinski definition) is 3. The summed E-state index contributed by atoms with van der Waals surface area (Å²) < 4.78 is 5.81. The predicted octanol–water partition coefficient (Wildman–Crippen LogP) is 4.34. The number of nitrogens with zero attached hydrogens (tertiary/aromatic N) is 1. The monoisotopic (exact) mass is 344 g/mol. The second-order valence-electron chi connectivity index (χ2n) is 5.88. The van der Waals surface area contributed by atoms with Gasteiger partial charge in [-0.25, -0.2) is 5.43 Å². The average molecular weight is 344 g/mol. The molecule has 4 nitrogen and oxygen atoms in total. The number of hydrazone groups is 1. The fraction of sp³-hybridized carbons (Fsp3) is 0.0909. The summed E-state index contributed by atoms with van der Waals surface area (Å²) in [4.78, 5) is 12.4. The van der Waals surface area contributed by atoms with E-state index in [0.717, 1.165) is 16.7 Å². The molecule has 3 aromatic carbocycles. The van der Waals surface area contributed by atoms with Crippen LogP contribution in [0.2, 0.25) is 0 Å². The van der Waals surface area contributed by atoms with E-state index in [2.05, 4.69) is 10.5 Å². The standard InChI is InChI=1S/C22H20N2O2/c1-17-8-7-11-19(14-17)15-23-24-22(25)20-12-5-6-13-21(20)26-16-18-9-3-2-4-10-18/h2-15H,16H2,1H3,(H,24,25). The Morgan fingerprint density at radius 3 is 2.58 bits per heavy atom. The Morgan fingerprint density at radius 1 is 1.00 bits per heavy atom. The number of rotatable bonds is 6.